The fourth-order valence-corrected chi connectivity index (χ4v) is 3.09. The summed E-state index contributed by atoms with van der Waals surface area (Å²) in [5.74, 6) is -0.487. The third-order valence-electron chi connectivity index (χ3n) is 3.86. The van der Waals surface area contributed by atoms with Crippen LogP contribution < -0.4 is 10.6 Å². The molecule has 128 valence electrons. The fraction of sp³-hybridized carbons (Fsp3) is 0.533. The standard InChI is InChI=1S/C15H19BrF3N3O/c1-10-8-11(16)2-3-12(10)14(23)21-9-13(15(17,18)19)22-6-4-20-5-7-22/h2-3,8,13,20H,4-7,9H2,1H3,(H,21,23). The molecule has 1 aromatic carbocycles. The van der Waals surface area contributed by atoms with Crippen LogP contribution in [0.5, 0.6) is 0 Å². The lowest BCUT2D eigenvalue weighted by Crippen LogP contribution is -2.57. The second-order valence-corrected chi connectivity index (χ2v) is 6.43. The summed E-state index contributed by atoms with van der Waals surface area (Å²) in [5, 5.41) is 5.45. The van der Waals surface area contributed by atoms with Gasteiger partial charge in [0.05, 0.1) is 0 Å². The van der Waals surface area contributed by atoms with E-state index in [2.05, 4.69) is 26.6 Å². The number of carbonyl (C=O) groups excluding carboxylic acids is 1. The molecule has 1 aromatic rings. The SMILES string of the molecule is Cc1cc(Br)ccc1C(=O)NCC(N1CCNCC1)C(F)(F)F. The molecule has 1 heterocycles. The summed E-state index contributed by atoms with van der Waals surface area (Å²) in [7, 11) is 0. The lowest BCUT2D eigenvalue weighted by atomic mass is 10.1. The van der Waals surface area contributed by atoms with Crippen LogP contribution in [-0.2, 0) is 0 Å². The van der Waals surface area contributed by atoms with E-state index in [9.17, 15) is 18.0 Å². The smallest absolute Gasteiger partial charge is 0.350 e. The van der Waals surface area contributed by atoms with Crippen LogP contribution in [0.25, 0.3) is 0 Å². The Morgan fingerprint density at radius 3 is 2.61 bits per heavy atom. The van der Waals surface area contributed by atoms with Crippen LogP contribution in [-0.4, -0.2) is 55.7 Å². The van der Waals surface area contributed by atoms with Crippen molar-refractivity contribution in [2.45, 2.75) is 19.1 Å². The molecular weight excluding hydrogens is 375 g/mol. The molecule has 0 bridgehead atoms. The molecule has 0 radical (unpaired) electrons. The molecule has 1 aliphatic rings. The molecule has 2 rings (SSSR count). The van der Waals surface area contributed by atoms with Gasteiger partial charge in [0.1, 0.15) is 6.04 Å². The number of nitrogens with zero attached hydrogens (tertiary/aromatic N) is 1. The number of amides is 1. The molecule has 23 heavy (non-hydrogen) atoms. The average Bonchev–Trinajstić information content (AvgIpc) is 2.47. The summed E-state index contributed by atoms with van der Waals surface area (Å²) in [6.45, 7) is 2.97. The topological polar surface area (TPSA) is 44.4 Å². The number of carbonyl (C=O) groups is 1. The van der Waals surface area contributed by atoms with Gasteiger partial charge in [-0.25, -0.2) is 0 Å². The minimum Gasteiger partial charge on any atom is -0.350 e. The third kappa shape index (κ3) is 4.92. The molecule has 1 atom stereocenters. The lowest BCUT2D eigenvalue weighted by molar-refractivity contribution is -0.183. The van der Waals surface area contributed by atoms with E-state index in [1.54, 1.807) is 25.1 Å². The normalized spacial score (nSPS) is 17.8. The number of alkyl halides is 3. The van der Waals surface area contributed by atoms with E-state index in [4.69, 9.17) is 0 Å². The van der Waals surface area contributed by atoms with Gasteiger partial charge >= 0.3 is 6.18 Å². The largest absolute Gasteiger partial charge is 0.405 e. The van der Waals surface area contributed by atoms with E-state index in [-0.39, 0.29) is 0 Å². The highest BCUT2D eigenvalue weighted by molar-refractivity contribution is 9.10. The highest BCUT2D eigenvalue weighted by Crippen LogP contribution is 2.25. The van der Waals surface area contributed by atoms with Gasteiger partial charge in [0.15, 0.2) is 0 Å². The van der Waals surface area contributed by atoms with Crippen LogP contribution in [0.15, 0.2) is 22.7 Å². The maximum atomic E-state index is 13.3. The predicted octanol–water partition coefficient (Wildman–Crippen LogP) is 2.32. The van der Waals surface area contributed by atoms with Gasteiger partial charge < -0.3 is 10.6 Å². The van der Waals surface area contributed by atoms with Gasteiger partial charge in [0, 0.05) is 42.8 Å². The summed E-state index contributed by atoms with van der Waals surface area (Å²) in [6.07, 6.45) is -4.38. The molecule has 1 fully saturated rings. The maximum absolute atomic E-state index is 13.3. The first kappa shape index (κ1) is 18.2. The molecule has 0 saturated carbocycles. The van der Waals surface area contributed by atoms with Crippen molar-refractivity contribution < 1.29 is 18.0 Å². The number of piperazine rings is 1. The van der Waals surface area contributed by atoms with Gasteiger partial charge in [-0.15, -0.1) is 0 Å². The highest BCUT2D eigenvalue weighted by Gasteiger charge is 2.43. The number of rotatable bonds is 4. The Hall–Kier alpha value is -1.12. The van der Waals surface area contributed by atoms with E-state index >= 15 is 0 Å². The van der Waals surface area contributed by atoms with Gasteiger partial charge in [-0.05, 0) is 30.7 Å². The van der Waals surface area contributed by atoms with Gasteiger partial charge in [0.25, 0.3) is 5.91 Å². The van der Waals surface area contributed by atoms with Crippen molar-refractivity contribution >= 4 is 21.8 Å². The number of aryl methyl sites for hydroxylation is 1. The van der Waals surface area contributed by atoms with Crippen molar-refractivity contribution in [3.05, 3.63) is 33.8 Å². The van der Waals surface area contributed by atoms with Gasteiger partial charge in [-0.2, -0.15) is 13.2 Å². The van der Waals surface area contributed by atoms with Crippen LogP contribution in [0, 0.1) is 6.92 Å². The molecule has 0 spiro atoms. The number of hydrogen-bond donors (Lipinski definition) is 2. The first-order valence-electron chi connectivity index (χ1n) is 7.35. The van der Waals surface area contributed by atoms with Crippen molar-refractivity contribution in [2.24, 2.45) is 0 Å². The third-order valence-corrected chi connectivity index (χ3v) is 4.35. The number of hydrogen-bond acceptors (Lipinski definition) is 3. The zero-order valence-electron chi connectivity index (χ0n) is 12.7. The van der Waals surface area contributed by atoms with Crippen molar-refractivity contribution in [3.63, 3.8) is 0 Å². The van der Waals surface area contributed by atoms with Crippen molar-refractivity contribution in [3.8, 4) is 0 Å². The Balaban J connectivity index is 2.04. The van der Waals surface area contributed by atoms with Crippen LogP contribution in [0.2, 0.25) is 0 Å². The average molecular weight is 394 g/mol. The lowest BCUT2D eigenvalue weighted by Gasteiger charge is -2.35. The number of nitrogens with one attached hydrogen (secondary N) is 2. The minimum absolute atomic E-state index is 0.317. The van der Waals surface area contributed by atoms with Crippen molar-refractivity contribution in [2.75, 3.05) is 32.7 Å². The summed E-state index contributed by atoms with van der Waals surface area (Å²) >= 11 is 3.29. The highest BCUT2D eigenvalue weighted by atomic mass is 79.9. The van der Waals surface area contributed by atoms with Crippen LogP contribution in [0.3, 0.4) is 0 Å². The van der Waals surface area contributed by atoms with E-state index in [1.807, 2.05) is 0 Å². The molecule has 0 aromatic heterocycles. The van der Waals surface area contributed by atoms with Crippen LogP contribution >= 0.6 is 15.9 Å². The van der Waals surface area contributed by atoms with Gasteiger partial charge in [0.2, 0.25) is 0 Å². The first-order chi connectivity index (χ1) is 10.8. The molecule has 8 heteroatoms. The summed E-state index contributed by atoms with van der Waals surface area (Å²) in [5.41, 5.74) is 1.09. The number of benzene rings is 1. The molecular formula is C15H19BrF3N3O. The summed E-state index contributed by atoms with van der Waals surface area (Å²) < 4.78 is 40.6. The van der Waals surface area contributed by atoms with E-state index in [0.717, 1.165) is 4.47 Å². The zero-order valence-corrected chi connectivity index (χ0v) is 14.3. The molecule has 1 unspecified atom stereocenters. The Kier molecular flexibility index (Phi) is 6.05. The Morgan fingerprint density at radius 1 is 1.39 bits per heavy atom. The monoisotopic (exact) mass is 393 g/mol. The first-order valence-corrected chi connectivity index (χ1v) is 8.14. The Bertz CT molecular complexity index is 559. The van der Waals surface area contributed by atoms with E-state index < -0.39 is 24.7 Å². The maximum Gasteiger partial charge on any atom is 0.405 e. The Labute approximate surface area is 141 Å². The van der Waals surface area contributed by atoms with Gasteiger partial charge in [-0.3, -0.25) is 9.69 Å². The predicted molar refractivity (Wildman–Crippen MR) is 85.5 cm³/mol. The fourth-order valence-electron chi connectivity index (χ4n) is 2.61. The van der Waals surface area contributed by atoms with E-state index in [1.165, 1.54) is 4.90 Å². The van der Waals surface area contributed by atoms with Crippen LogP contribution in [0.1, 0.15) is 15.9 Å². The minimum atomic E-state index is -4.38. The zero-order chi connectivity index (χ0) is 17.0. The number of halogens is 4. The summed E-state index contributed by atoms with van der Waals surface area (Å²) in [6, 6.07) is 3.39. The summed E-state index contributed by atoms with van der Waals surface area (Å²) in [4.78, 5) is 13.5. The molecule has 4 nitrogen and oxygen atoms in total. The molecule has 1 saturated heterocycles. The molecule has 1 amide bonds. The molecule has 2 N–H and O–H groups in total. The van der Waals surface area contributed by atoms with Crippen molar-refractivity contribution in [1.82, 2.24) is 15.5 Å². The van der Waals surface area contributed by atoms with E-state index in [0.29, 0.717) is 37.3 Å². The second-order valence-electron chi connectivity index (χ2n) is 5.51. The second kappa shape index (κ2) is 7.63. The van der Waals surface area contributed by atoms with Crippen molar-refractivity contribution in [1.29, 1.82) is 0 Å². The van der Waals surface area contributed by atoms with Gasteiger partial charge in [-0.1, -0.05) is 15.9 Å². The molecule has 0 aliphatic carbocycles. The van der Waals surface area contributed by atoms with Crippen LogP contribution in [0.4, 0.5) is 13.2 Å². The molecule has 1 aliphatic heterocycles. The quantitative estimate of drug-likeness (QED) is 0.824. The Morgan fingerprint density at radius 2 is 2.04 bits per heavy atom.